The van der Waals surface area contributed by atoms with Gasteiger partial charge in [0.1, 0.15) is 17.2 Å². The molecule has 0 spiro atoms. The highest BCUT2D eigenvalue weighted by Gasteiger charge is 2.40. The number of aliphatic hydroxyl groups is 2. The lowest BCUT2D eigenvalue weighted by atomic mass is 9.86. The van der Waals surface area contributed by atoms with Gasteiger partial charge in [-0.1, -0.05) is 19.1 Å². The highest BCUT2D eigenvalue weighted by Crippen LogP contribution is 2.48. The molecule has 0 aliphatic rings. The maximum absolute atomic E-state index is 11.2. The Balaban J connectivity index is 2.60. The predicted molar refractivity (Wildman–Crippen MR) is 88.1 cm³/mol. The van der Waals surface area contributed by atoms with Crippen molar-refractivity contribution in [1.29, 1.82) is 0 Å². The first-order valence-electron chi connectivity index (χ1n) is 7.05. The molecule has 2 rings (SSSR count). The second-order valence-electron chi connectivity index (χ2n) is 5.59. The van der Waals surface area contributed by atoms with Gasteiger partial charge in [0.2, 0.25) is 5.79 Å². The van der Waals surface area contributed by atoms with Crippen molar-refractivity contribution in [3.63, 3.8) is 0 Å². The molecule has 2 aromatic rings. The Morgan fingerprint density at radius 2 is 1.68 bits per heavy atom. The van der Waals surface area contributed by atoms with Crippen LogP contribution in [0.5, 0.6) is 17.2 Å². The first-order chi connectivity index (χ1) is 11.4. The third-order valence-electron chi connectivity index (χ3n) is 3.71. The molecule has 0 amide bonds. The van der Waals surface area contributed by atoms with E-state index in [0.29, 0.717) is 5.56 Å². The Kier molecular flexibility index (Phi) is 4.99. The lowest BCUT2D eigenvalue weighted by Gasteiger charge is -2.32. The number of phenolic OH excluding ortho intramolecular Hbond substituents is 3. The van der Waals surface area contributed by atoms with Crippen molar-refractivity contribution < 1.29 is 39.9 Å². The predicted octanol–water partition coefficient (Wildman–Crippen LogP) is 1.25. The monoisotopic (exact) mass is 371 g/mol. The smallest absolute Gasteiger partial charge is 0.427 e. The summed E-state index contributed by atoms with van der Waals surface area (Å²) in [5.41, 5.74) is -0.896. The Morgan fingerprint density at radius 3 is 2.24 bits per heavy atom. The molecule has 0 aliphatic heterocycles. The van der Waals surface area contributed by atoms with Gasteiger partial charge in [-0.15, -0.1) is 0 Å². The summed E-state index contributed by atoms with van der Waals surface area (Å²) < 4.78 is 11.2. The zero-order valence-corrected chi connectivity index (χ0v) is 13.9. The van der Waals surface area contributed by atoms with Gasteiger partial charge in [-0.3, -0.25) is 5.09 Å². The van der Waals surface area contributed by atoms with E-state index in [1.165, 1.54) is 31.2 Å². The molecule has 1 atom stereocenters. The van der Waals surface area contributed by atoms with Crippen LogP contribution in [0.4, 0.5) is 5.69 Å². The fraction of sp³-hybridized carbons (Fsp3) is 0.200. The molecule has 136 valence electrons. The molecule has 0 radical (unpaired) electrons. The number of nitrogens with one attached hydrogen (secondary N) is 1. The van der Waals surface area contributed by atoms with Crippen LogP contribution in [-0.2, 0) is 10.4 Å². The van der Waals surface area contributed by atoms with Gasteiger partial charge < -0.3 is 35.3 Å². The maximum atomic E-state index is 11.2. The van der Waals surface area contributed by atoms with Gasteiger partial charge in [0.15, 0.2) is 0 Å². The number of rotatable bonds is 5. The number of aromatic hydroxyl groups is 3. The van der Waals surface area contributed by atoms with Crippen molar-refractivity contribution in [2.24, 2.45) is 0 Å². The van der Waals surface area contributed by atoms with Crippen molar-refractivity contribution in [2.45, 2.75) is 18.6 Å². The second kappa shape index (κ2) is 6.55. The molecule has 0 heterocycles. The van der Waals surface area contributed by atoms with Crippen LogP contribution in [0.1, 0.15) is 24.0 Å². The summed E-state index contributed by atoms with van der Waals surface area (Å²) >= 11 is 0. The molecular formula is C15H18NO8P. The Labute approximate surface area is 142 Å². The zero-order chi connectivity index (χ0) is 19.0. The average molecular weight is 371 g/mol. The fourth-order valence-electron chi connectivity index (χ4n) is 2.49. The molecule has 0 saturated heterocycles. The molecule has 8 N–H and O–H groups in total. The topological polar surface area (TPSA) is 171 Å². The summed E-state index contributed by atoms with van der Waals surface area (Å²) in [5, 5.41) is 52.0. The summed E-state index contributed by atoms with van der Waals surface area (Å²) in [6.07, 6.45) is 0. The maximum Gasteiger partial charge on any atom is 0.427 e. The Bertz CT molecular complexity index is 832. The average Bonchev–Trinajstić information content (AvgIpc) is 2.43. The lowest BCUT2D eigenvalue weighted by Crippen LogP contribution is -2.32. The van der Waals surface area contributed by atoms with Crippen LogP contribution in [0.3, 0.4) is 0 Å². The van der Waals surface area contributed by atoms with E-state index in [4.69, 9.17) is 9.79 Å². The SMILES string of the molecule is CC(c1cccc(O)c1)C(O)(O)c1c(O)cc(O)cc1NP(=O)(O)O. The van der Waals surface area contributed by atoms with E-state index in [-0.39, 0.29) is 5.75 Å². The van der Waals surface area contributed by atoms with Gasteiger partial charge in [0, 0.05) is 18.1 Å². The van der Waals surface area contributed by atoms with E-state index in [2.05, 4.69) is 0 Å². The first kappa shape index (κ1) is 19.0. The number of phenols is 3. The third-order valence-corrected chi connectivity index (χ3v) is 4.24. The van der Waals surface area contributed by atoms with Crippen molar-refractivity contribution >= 4 is 13.4 Å². The molecule has 10 heteroatoms. The van der Waals surface area contributed by atoms with E-state index in [1.807, 2.05) is 0 Å². The number of anilines is 1. The third kappa shape index (κ3) is 4.22. The minimum absolute atomic E-state index is 0.122. The van der Waals surface area contributed by atoms with Crippen LogP contribution in [0.15, 0.2) is 36.4 Å². The summed E-state index contributed by atoms with van der Waals surface area (Å²) in [4.78, 5) is 18.2. The Morgan fingerprint density at radius 1 is 1.04 bits per heavy atom. The molecule has 1 unspecified atom stereocenters. The van der Waals surface area contributed by atoms with Crippen LogP contribution >= 0.6 is 7.75 Å². The minimum atomic E-state index is -4.87. The molecule has 0 bridgehead atoms. The molecule has 25 heavy (non-hydrogen) atoms. The molecular weight excluding hydrogens is 353 g/mol. The summed E-state index contributed by atoms with van der Waals surface area (Å²) in [5.74, 6) is -5.36. The summed E-state index contributed by atoms with van der Waals surface area (Å²) in [6.45, 7) is 1.38. The molecule has 9 nitrogen and oxygen atoms in total. The minimum Gasteiger partial charge on any atom is -0.508 e. The quantitative estimate of drug-likeness (QED) is 0.284. The number of hydrogen-bond acceptors (Lipinski definition) is 6. The van der Waals surface area contributed by atoms with Crippen molar-refractivity contribution in [3.8, 4) is 17.2 Å². The molecule has 0 aromatic heterocycles. The number of hydrogen-bond donors (Lipinski definition) is 8. The van der Waals surface area contributed by atoms with Gasteiger partial charge >= 0.3 is 7.75 Å². The summed E-state index contributed by atoms with van der Waals surface area (Å²) in [6, 6.07) is 7.27. The van der Waals surface area contributed by atoms with Gasteiger partial charge in [0.25, 0.3) is 0 Å². The highest BCUT2D eigenvalue weighted by molar-refractivity contribution is 7.53. The highest BCUT2D eigenvalue weighted by atomic mass is 31.2. The van der Waals surface area contributed by atoms with Crippen molar-refractivity contribution in [3.05, 3.63) is 47.5 Å². The lowest BCUT2D eigenvalue weighted by molar-refractivity contribution is -0.185. The second-order valence-corrected chi connectivity index (χ2v) is 6.90. The van der Waals surface area contributed by atoms with Crippen LogP contribution in [-0.4, -0.2) is 35.3 Å². The van der Waals surface area contributed by atoms with Crippen molar-refractivity contribution in [2.75, 3.05) is 5.09 Å². The van der Waals surface area contributed by atoms with Crippen LogP contribution < -0.4 is 5.09 Å². The van der Waals surface area contributed by atoms with Gasteiger partial charge in [-0.25, -0.2) is 4.57 Å². The van der Waals surface area contributed by atoms with Gasteiger partial charge in [0.05, 0.1) is 11.3 Å². The molecule has 0 saturated carbocycles. The van der Waals surface area contributed by atoms with Crippen LogP contribution in [0.25, 0.3) is 0 Å². The van der Waals surface area contributed by atoms with E-state index in [9.17, 15) is 30.1 Å². The van der Waals surface area contributed by atoms with Crippen LogP contribution in [0, 0.1) is 0 Å². The zero-order valence-electron chi connectivity index (χ0n) is 13.0. The largest absolute Gasteiger partial charge is 0.508 e. The van der Waals surface area contributed by atoms with E-state index in [1.54, 1.807) is 5.09 Å². The standard InChI is InChI=1S/C15H18NO8P/c1-8(9-3-2-4-10(17)5-9)15(20,21)14-12(16-25(22,23)24)6-11(18)7-13(14)19/h2-8,17-21H,1H3,(H3,16,22,23,24). The molecule has 2 aromatic carbocycles. The number of benzene rings is 2. The normalized spacial score (nSPS) is 13.5. The van der Waals surface area contributed by atoms with Crippen molar-refractivity contribution in [1.82, 2.24) is 0 Å². The Hall–Kier alpha value is -2.29. The van der Waals surface area contributed by atoms with E-state index < -0.39 is 42.2 Å². The van der Waals surface area contributed by atoms with E-state index in [0.717, 1.165) is 12.1 Å². The molecule has 0 aliphatic carbocycles. The van der Waals surface area contributed by atoms with Gasteiger partial charge in [-0.2, -0.15) is 0 Å². The summed E-state index contributed by atoms with van der Waals surface area (Å²) in [7, 11) is -4.87. The fourth-order valence-corrected chi connectivity index (χ4v) is 2.98. The first-order valence-corrected chi connectivity index (χ1v) is 8.67. The van der Waals surface area contributed by atoms with Crippen LogP contribution in [0.2, 0.25) is 0 Å². The van der Waals surface area contributed by atoms with Gasteiger partial charge in [-0.05, 0) is 17.7 Å². The molecule has 0 fully saturated rings. The van der Waals surface area contributed by atoms with E-state index >= 15 is 0 Å².